The minimum absolute atomic E-state index is 0.497. The maximum absolute atomic E-state index is 5.81. The Hall–Kier alpha value is -0.120. The lowest BCUT2D eigenvalue weighted by atomic mass is 9.95. The molecule has 0 aromatic heterocycles. The SMILES string of the molecule is CCC1OCCC1CNCC1CCCC1CN. The van der Waals surface area contributed by atoms with Crippen LogP contribution in [0.25, 0.3) is 0 Å². The third-order valence-corrected chi connectivity index (χ3v) is 4.68. The molecule has 1 aliphatic carbocycles. The van der Waals surface area contributed by atoms with Crippen molar-refractivity contribution in [2.24, 2.45) is 23.5 Å². The van der Waals surface area contributed by atoms with Crippen molar-refractivity contribution >= 4 is 0 Å². The first-order valence-electron chi connectivity index (χ1n) is 7.37. The maximum Gasteiger partial charge on any atom is 0.0613 e. The van der Waals surface area contributed by atoms with E-state index < -0.39 is 0 Å². The van der Waals surface area contributed by atoms with Gasteiger partial charge in [0.2, 0.25) is 0 Å². The van der Waals surface area contributed by atoms with E-state index in [1.807, 2.05) is 0 Å². The van der Waals surface area contributed by atoms with E-state index in [9.17, 15) is 0 Å². The minimum Gasteiger partial charge on any atom is -0.378 e. The highest BCUT2D eigenvalue weighted by Gasteiger charge is 2.28. The summed E-state index contributed by atoms with van der Waals surface area (Å²) in [7, 11) is 0. The lowest BCUT2D eigenvalue weighted by molar-refractivity contribution is 0.0869. The summed E-state index contributed by atoms with van der Waals surface area (Å²) in [6.45, 7) is 6.35. The fourth-order valence-corrected chi connectivity index (χ4v) is 3.52. The summed E-state index contributed by atoms with van der Waals surface area (Å²) in [5, 5.41) is 3.66. The highest BCUT2D eigenvalue weighted by atomic mass is 16.5. The molecule has 2 fully saturated rings. The average Bonchev–Trinajstić information content (AvgIpc) is 2.97. The van der Waals surface area contributed by atoms with Crippen molar-refractivity contribution in [1.29, 1.82) is 0 Å². The molecule has 0 radical (unpaired) electrons. The normalized spacial score (nSPS) is 37.8. The van der Waals surface area contributed by atoms with Crippen LogP contribution in [0.3, 0.4) is 0 Å². The minimum atomic E-state index is 0.497. The summed E-state index contributed by atoms with van der Waals surface area (Å²) < 4.78 is 5.72. The van der Waals surface area contributed by atoms with Gasteiger partial charge in [0.25, 0.3) is 0 Å². The van der Waals surface area contributed by atoms with Crippen LogP contribution in [0.4, 0.5) is 0 Å². The van der Waals surface area contributed by atoms with Gasteiger partial charge in [-0.05, 0) is 56.5 Å². The first kappa shape index (κ1) is 13.3. The number of hydrogen-bond acceptors (Lipinski definition) is 3. The zero-order valence-corrected chi connectivity index (χ0v) is 11.2. The molecule has 0 amide bonds. The van der Waals surface area contributed by atoms with E-state index in [0.29, 0.717) is 6.10 Å². The highest BCUT2D eigenvalue weighted by Crippen LogP contribution is 2.30. The number of nitrogens with two attached hydrogens (primary N) is 1. The van der Waals surface area contributed by atoms with Crippen LogP contribution in [0.5, 0.6) is 0 Å². The van der Waals surface area contributed by atoms with E-state index in [0.717, 1.165) is 50.4 Å². The van der Waals surface area contributed by atoms with Crippen LogP contribution in [-0.4, -0.2) is 32.3 Å². The van der Waals surface area contributed by atoms with Gasteiger partial charge in [-0.2, -0.15) is 0 Å². The summed E-state index contributed by atoms with van der Waals surface area (Å²) in [6.07, 6.45) is 6.97. The van der Waals surface area contributed by atoms with Crippen molar-refractivity contribution in [3.63, 3.8) is 0 Å². The Balaban J connectivity index is 1.65. The van der Waals surface area contributed by atoms with Crippen LogP contribution in [0.15, 0.2) is 0 Å². The van der Waals surface area contributed by atoms with Crippen molar-refractivity contribution in [2.75, 3.05) is 26.2 Å². The third kappa shape index (κ3) is 3.43. The molecule has 3 nitrogen and oxygen atoms in total. The monoisotopic (exact) mass is 240 g/mol. The van der Waals surface area contributed by atoms with Crippen LogP contribution in [0.1, 0.15) is 39.0 Å². The number of hydrogen-bond donors (Lipinski definition) is 2. The first-order chi connectivity index (χ1) is 8.35. The van der Waals surface area contributed by atoms with Gasteiger partial charge in [-0.25, -0.2) is 0 Å². The molecular formula is C14H28N2O. The zero-order valence-electron chi connectivity index (χ0n) is 11.2. The van der Waals surface area contributed by atoms with Crippen molar-refractivity contribution in [3.8, 4) is 0 Å². The van der Waals surface area contributed by atoms with Crippen molar-refractivity contribution in [1.82, 2.24) is 5.32 Å². The van der Waals surface area contributed by atoms with Crippen molar-refractivity contribution in [2.45, 2.75) is 45.1 Å². The van der Waals surface area contributed by atoms with Crippen LogP contribution in [0.2, 0.25) is 0 Å². The molecule has 100 valence electrons. The Morgan fingerprint density at radius 1 is 1.12 bits per heavy atom. The summed E-state index contributed by atoms with van der Waals surface area (Å²) in [6, 6.07) is 0. The number of nitrogens with one attached hydrogen (secondary N) is 1. The second-order valence-corrected chi connectivity index (χ2v) is 5.71. The lowest BCUT2D eigenvalue weighted by Gasteiger charge is -2.21. The molecule has 1 saturated heterocycles. The van der Waals surface area contributed by atoms with Gasteiger partial charge in [0, 0.05) is 13.2 Å². The molecule has 1 heterocycles. The summed E-state index contributed by atoms with van der Waals surface area (Å²) in [5.74, 6) is 2.32. The van der Waals surface area contributed by atoms with E-state index >= 15 is 0 Å². The maximum atomic E-state index is 5.81. The van der Waals surface area contributed by atoms with Crippen LogP contribution in [-0.2, 0) is 4.74 Å². The van der Waals surface area contributed by atoms with E-state index in [1.54, 1.807) is 0 Å². The molecule has 0 aromatic rings. The van der Waals surface area contributed by atoms with Gasteiger partial charge in [-0.3, -0.25) is 0 Å². The molecule has 1 aliphatic heterocycles. The number of rotatable bonds is 6. The molecule has 0 bridgehead atoms. The topological polar surface area (TPSA) is 47.3 Å². The average molecular weight is 240 g/mol. The fraction of sp³-hybridized carbons (Fsp3) is 1.00. The van der Waals surface area contributed by atoms with Crippen LogP contribution < -0.4 is 11.1 Å². The predicted molar refractivity (Wildman–Crippen MR) is 70.9 cm³/mol. The van der Waals surface area contributed by atoms with Gasteiger partial charge >= 0.3 is 0 Å². The fourth-order valence-electron chi connectivity index (χ4n) is 3.52. The van der Waals surface area contributed by atoms with Gasteiger partial charge in [-0.15, -0.1) is 0 Å². The molecule has 0 aromatic carbocycles. The molecule has 17 heavy (non-hydrogen) atoms. The number of ether oxygens (including phenoxy) is 1. The highest BCUT2D eigenvalue weighted by molar-refractivity contribution is 4.82. The molecule has 4 unspecified atom stereocenters. The predicted octanol–water partition coefficient (Wildman–Crippen LogP) is 1.77. The van der Waals surface area contributed by atoms with E-state index in [1.165, 1.54) is 25.7 Å². The Morgan fingerprint density at radius 3 is 2.65 bits per heavy atom. The third-order valence-electron chi connectivity index (χ3n) is 4.68. The van der Waals surface area contributed by atoms with Gasteiger partial charge < -0.3 is 15.8 Å². The van der Waals surface area contributed by atoms with E-state index in [2.05, 4.69) is 12.2 Å². The molecule has 4 atom stereocenters. The van der Waals surface area contributed by atoms with Crippen LogP contribution in [0, 0.1) is 17.8 Å². The molecule has 2 aliphatic rings. The molecule has 0 spiro atoms. The summed E-state index contributed by atoms with van der Waals surface area (Å²) in [5.41, 5.74) is 5.81. The summed E-state index contributed by atoms with van der Waals surface area (Å²) >= 11 is 0. The second-order valence-electron chi connectivity index (χ2n) is 5.71. The standard InChI is InChI=1S/C14H28N2O/c1-2-14-13(6-7-17-14)10-16-9-12-5-3-4-11(12)8-15/h11-14,16H,2-10,15H2,1H3. The molecule has 2 rings (SSSR count). The van der Waals surface area contributed by atoms with Crippen molar-refractivity contribution < 1.29 is 4.74 Å². The Labute approximate surface area is 105 Å². The first-order valence-corrected chi connectivity index (χ1v) is 7.37. The summed E-state index contributed by atoms with van der Waals surface area (Å²) in [4.78, 5) is 0. The smallest absolute Gasteiger partial charge is 0.0613 e. The Morgan fingerprint density at radius 2 is 1.88 bits per heavy atom. The zero-order chi connectivity index (χ0) is 12.1. The molecule has 3 heteroatoms. The van der Waals surface area contributed by atoms with Gasteiger partial charge in [0.05, 0.1) is 6.10 Å². The molecular weight excluding hydrogens is 212 g/mol. The van der Waals surface area contributed by atoms with Crippen LogP contribution >= 0.6 is 0 Å². The molecule has 3 N–H and O–H groups in total. The quantitative estimate of drug-likeness (QED) is 0.744. The van der Waals surface area contributed by atoms with Gasteiger partial charge in [0.15, 0.2) is 0 Å². The van der Waals surface area contributed by atoms with Gasteiger partial charge in [0.1, 0.15) is 0 Å². The Kier molecular flexibility index (Phi) is 5.26. The Bertz CT molecular complexity index is 200. The van der Waals surface area contributed by atoms with E-state index in [4.69, 9.17) is 10.5 Å². The second kappa shape index (κ2) is 6.72. The lowest BCUT2D eigenvalue weighted by Crippen LogP contribution is -2.34. The van der Waals surface area contributed by atoms with Gasteiger partial charge in [-0.1, -0.05) is 13.3 Å². The molecule has 1 saturated carbocycles. The van der Waals surface area contributed by atoms with Crippen molar-refractivity contribution in [3.05, 3.63) is 0 Å². The largest absolute Gasteiger partial charge is 0.378 e. The van der Waals surface area contributed by atoms with E-state index in [-0.39, 0.29) is 0 Å².